The number of sulfonamides is 1. The van der Waals surface area contributed by atoms with Crippen molar-refractivity contribution in [2.45, 2.75) is 56.8 Å². The third-order valence-corrected chi connectivity index (χ3v) is 9.51. The molecule has 1 fully saturated rings. The second-order valence-corrected chi connectivity index (χ2v) is 11.7. The standard InChI is InChI=1S/C23H29N3O4S2/c1-15-11-13-26(14-12-15)32(29,30)17-9-7-16(8-10-17)22(28)25-23-20(21(24)27)18-5-3-2-4-6-19(18)31-23/h7-10,15H,2-6,11-14H2,1H3,(H2,24,27)(H,25,28). The van der Waals surface area contributed by atoms with Gasteiger partial charge in [0.15, 0.2) is 0 Å². The van der Waals surface area contributed by atoms with Crippen LogP contribution < -0.4 is 11.1 Å². The first-order valence-corrected chi connectivity index (χ1v) is 13.4. The molecule has 0 spiro atoms. The number of carbonyl (C=O) groups excluding carboxylic acids is 2. The van der Waals surface area contributed by atoms with E-state index in [1.807, 2.05) is 0 Å². The first kappa shape index (κ1) is 22.9. The summed E-state index contributed by atoms with van der Waals surface area (Å²) in [6.07, 6.45) is 6.57. The van der Waals surface area contributed by atoms with E-state index in [1.165, 1.54) is 39.9 Å². The highest BCUT2D eigenvalue weighted by Crippen LogP contribution is 2.37. The summed E-state index contributed by atoms with van der Waals surface area (Å²) in [5.74, 6) is -0.387. The molecule has 3 N–H and O–H groups in total. The highest BCUT2D eigenvalue weighted by atomic mass is 32.2. The average molecular weight is 476 g/mol. The lowest BCUT2D eigenvalue weighted by Gasteiger charge is -2.29. The molecule has 4 rings (SSSR count). The Hall–Kier alpha value is -2.23. The van der Waals surface area contributed by atoms with Crippen LogP contribution in [0.5, 0.6) is 0 Å². The number of thiophene rings is 1. The predicted molar refractivity (Wildman–Crippen MR) is 126 cm³/mol. The van der Waals surface area contributed by atoms with Gasteiger partial charge in [0, 0.05) is 23.5 Å². The number of amides is 2. The Morgan fingerprint density at radius 2 is 1.72 bits per heavy atom. The number of fused-ring (bicyclic) bond motifs is 1. The number of rotatable bonds is 5. The zero-order valence-electron chi connectivity index (χ0n) is 18.2. The quantitative estimate of drug-likeness (QED) is 0.641. The Balaban J connectivity index is 1.52. The molecule has 2 aliphatic rings. The van der Waals surface area contributed by atoms with Crippen LogP contribution >= 0.6 is 11.3 Å². The summed E-state index contributed by atoms with van der Waals surface area (Å²) in [4.78, 5) is 26.3. The molecule has 1 aromatic carbocycles. The summed E-state index contributed by atoms with van der Waals surface area (Å²) in [7, 11) is -3.57. The maximum Gasteiger partial charge on any atom is 0.256 e. The van der Waals surface area contributed by atoms with Crippen molar-refractivity contribution in [1.29, 1.82) is 0 Å². The number of primary amides is 1. The molecule has 0 saturated carbocycles. The average Bonchev–Trinajstić information content (AvgIpc) is 2.95. The number of carbonyl (C=O) groups is 2. The van der Waals surface area contributed by atoms with E-state index in [2.05, 4.69) is 12.2 Å². The van der Waals surface area contributed by atoms with E-state index in [1.54, 1.807) is 0 Å². The van der Waals surface area contributed by atoms with Crippen molar-refractivity contribution in [2.24, 2.45) is 11.7 Å². The zero-order valence-corrected chi connectivity index (χ0v) is 19.9. The Morgan fingerprint density at radius 3 is 2.38 bits per heavy atom. The summed E-state index contributed by atoms with van der Waals surface area (Å²) >= 11 is 1.42. The molecule has 0 unspecified atom stereocenters. The highest BCUT2D eigenvalue weighted by Gasteiger charge is 2.28. The fraction of sp³-hybridized carbons (Fsp3) is 0.478. The van der Waals surface area contributed by atoms with Crippen molar-refractivity contribution in [3.8, 4) is 0 Å². The minimum Gasteiger partial charge on any atom is -0.365 e. The van der Waals surface area contributed by atoms with Gasteiger partial charge in [0.1, 0.15) is 5.00 Å². The maximum atomic E-state index is 12.9. The predicted octanol–water partition coefficient (Wildman–Crippen LogP) is 3.79. The van der Waals surface area contributed by atoms with E-state index in [4.69, 9.17) is 5.73 Å². The van der Waals surface area contributed by atoms with Crippen LogP contribution in [-0.2, 0) is 22.9 Å². The minimum absolute atomic E-state index is 0.185. The first-order valence-electron chi connectivity index (χ1n) is 11.1. The lowest BCUT2D eigenvalue weighted by Crippen LogP contribution is -2.37. The van der Waals surface area contributed by atoms with Crippen LogP contribution in [0.1, 0.15) is 70.2 Å². The summed E-state index contributed by atoms with van der Waals surface area (Å²) in [6, 6.07) is 5.97. The van der Waals surface area contributed by atoms with Gasteiger partial charge in [-0.15, -0.1) is 11.3 Å². The van der Waals surface area contributed by atoms with Crippen LogP contribution in [-0.4, -0.2) is 37.6 Å². The summed E-state index contributed by atoms with van der Waals surface area (Å²) in [6.45, 7) is 3.17. The Bertz CT molecular complexity index is 1110. The number of benzene rings is 1. The van der Waals surface area contributed by atoms with E-state index in [-0.39, 0.29) is 10.8 Å². The first-order chi connectivity index (χ1) is 15.3. The van der Waals surface area contributed by atoms with Crippen LogP contribution in [0.25, 0.3) is 0 Å². The molecule has 1 saturated heterocycles. The van der Waals surface area contributed by atoms with Gasteiger partial charge in [0.2, 0.25) is 10.0 Å². The second kappa shape index (κ2) is 9.33. The van der Waals surface area contributed by atoms with Gasteiger partial charge in [-0.25, -0.2) is 8.42 Å². The third-order valence-electron chi connectivity index (χ3n) is 6.39. The van der Waals surface area contributed by atoms with Gasteiger partial charge in [0.05, 0.1) is 10.5 Å². The van der Waals surface area contributed by atoms with Crippen molar-refractivity contribution in [2.75, 3.05) is 18.4 Å². The van der Waals surface area contributed by atoms with Crippen molar-refractivity contribution in [3.63, 3.8) is 0 Å². The molecule has 0 radical (unpaired) electrons. The van der Waals surface area contributed by atoms with E-state index >= 15 is 0 Å². The van der Waals surface area contributed by atoms with Crippen molar-refractivity contribution < 1.29 is 18.0 Å². The summed E-state index contributed by atoms with van der Waals surface area (Å²) < 4.78 is 27.3. The van der Waals surface area contributed by atoms with Crippen molar-refractivity contribution >= 4 is 38.2 Å². The molecule has 1 aliphatic heterocycles. The molecule has 2 amide bonds. The Labute approximate surface area is 193 Å². The van der Waals surface area contributed by atoms with Gasteiger partial charge >= 0.3 is 0 Å². The smallest absolute Gasteiger partial charge is 0.256 e. The molecule has 32 heavy (non-hydrogen) atoms. The minimum atomic E-state index is -3.57. The van der Waals surface area contributed by atoms with Crippen LogP contribution in [0.4, 0.5) is 5.00 Å². The number of nitrogens with two attached hydrogens (primary N) is 1. The molecular formula is C23H29N3O4S2. The van der Waals surface area contributed by atoms with Crippen molar-refractivity contribution in [3.05, 3.63) is 45.8 Å². The number of anilines is 1. The van der Waals surface area contributed by atoms with E-state index in [0.29, 0.717) is 35.1 Å². The molecule has 172 valence electrons. The van der Waals surface area contributed by atoms with E-state index < -0.39 is 15.9 Å². The fourth-order valence-electron chi connectivity index (χ4n) is 4.42. The Kier molecular flexibility index (Phi) is 6.69. The molecule has 2 aromatic rings. The van der Waals surface area contributed by atoms with Gasteiger partial charge < -0.3 is 11.1 Å². The number of hydrogen-bond acceptors (Lipinski definition) is 5. The number of nitrogens with one attached hydrogen (secondary N) is 1. The van der Waals surface area contributed by atoms with Crippen LogP contribution in [0.15, 0.2) is 29.2 Å². The van der Waals surface area contributed by atoms with E-state index in [0.717, 1.165) is 55.4 Å². The SMILES string of the molecule is CC1CCN(S(=O)(=O)c2ccc(C(=O)Nc3sc4c(c3C(N)=O)CCCCC4)cc2)CC1. The lowest BCUT2D eigenvalue weighted by molar-refractivity contribution is 0.100. The number of nitrogens with zero attached hydrogens (tertiary/aromatic N) is 1. The highest BCUT2D eigenvalue weighted by molar-refractivity contribution is 7.89. The topological polar surface area (TPSA) is 110 Å². The van der Waals surface area contributed by atoms with Gasteiger partial charge in [-0.2, -0.15) is 4.31 Å². The molecule has 2 heterocycles. The fourth-order valence-corrected chi connectivity index (χ4v) is 7.18. The van der Waals surface area contributed by atoms with Crippen LogP contribution in [0.2, 0.25) is 0 Å². The van der Waals surface area contributed by atoms with Crippen LogP contribution in [0, 0.1) is 5.92 Å². The van der Waals surface area contributed by atoms with Gasteiger partial charge in [0.25, 0.3) is 11.8 Å². The van der Waals surface area contributed by atoms with Gasteiger partial charge in [-0.3, -0.25) is 9.59 Å². The second-order valence-electron chi connectivity index (χ2n) is 8.70. The lowest BCUT2D eigenvalue weighted by atomic mass is 10.0. The van der Waals surface area contributed by atoms with Gasteiger partial charge in [-0.1, -0.05) is 13.3 Å². The van der Waals surface area contributed by atoms with Crippen molar-refractivity contribution in [1.82, 2.24) is 4.31 Å². The largest absolute Gasteiger partial charge is 0.365 e. The molecule has 7 nitrogen and oxygen atoms in total. The van der Waals surface area contributed by atoms with Crippen LogP contribution in [0.3, 0.4) is 0 Å². The number of hydrogen-bond donors (Lipinski definition) is 2. The molecule has 0 atom stereocenters. The maximum absolute atomic E-state index is 12.9. The number of aryl methyl sites for hydroxylation is 1. The Morgan fingerprint density at radius 1 is 1.06 bits per heavy atom. The number of piperidine rings is 1. The van der Waals surface area contributed by atoms with E-state index in [9.17, 15) is 18.0 Å². The summed E-state index contributed by atoms with van der Waals surface area (Å²) in [5, 5.41) is 3.31. The molecule has 9 heteroatoms. The molecular weight excluding hydrogens is 446 g/mol. The molecule has 1 aliphatic carbocycles. The molecule has 0 bridgehead atoms. The molecule has 1 aromatic heterocycles. The monoisotopic (exact) mass is 475 g/mol. The van der Waals surface area contributed by atoms with Gasteiger partial charge in [-0.05, 0) is 74.3 Å². The summed E-state index contributed by atoms with van der Waals surface area (Å²) in [5.41, 5.74) is 7.35. The normalized spacial score (nSPS) is 18.0. The third kappa shape index (κ3) is 4.60. The zero-order chi connectivity index (χ0) is 22.9.